The third-order valence-corrected chi connectivity index (χ3v) is 7.41. The van der Waals surface area contributed by atoms with Crippen LogP contribution in [0.3, 0.4) is 0 Å². The first-order valence-electron chi connectivity index (χ1n) is 21.6. The van der Waals surface area contributed by atoms with E-state index in [1.165, 1.54) is 0 Å². The number of hydrogen-bond donors (Lipinski definition) is 0. The molecule has 0 N–H and O–H groups in total. The minimum absolute atomic E-state index is 0.183. The first kappa shape index (κ1) is 12.6. The fourth-order valence-electron chi connectivity index (χ4n) is 5.63. The van der Waals surface area contributed by atoms with Crippen LogP contribution in [0, 0.1) is 0 Å². The molecule has 8 rings (SSSR count). The Hall–Kier alpha value is -5.40. The maximum Gasteiger partial charge on any atom is 0.132 e. The van der Waals surface area contributed by atoms with Gasteiger partial charge in [-0.15, -0.1) is 0 Å². The standard InChI is InChI=1S/C41H28O/c1-3-16-31(17-4-1)41(32-18-5-2-6-19-32)37-24-11-12-25-39(37)42-40-28-30(26-27-38(40)41)34-21-9-10-22-35(34)36-23-13-15-29-14-7-8-20-33(29)36/h1-28H/i1D,2D,3D,4D,5D,6D,11D,12D,16D,17D,18D,19D,24D,25D,26D,27D,28D. The zero-order valence-electron chi connectivity index (χ0n) is 38.8. The molecule has 0 saturated heterocycles. The Kier molecular flexibility index (Phi) is 2.98. The number of fused-ring (bicyclic) bond motifs is 3. The van der Waals surface area contributed by atoms with Crippen LogP contribution in [0.5, 0.6) is 11.5 Å². The van der Waals surface area contributed by atoms with Crippen LogP contribution in [0.15, 0.2) is 169 Å². The molecule has 198 valence electrons. The van der Waals surface area contributed by atoms with E-state index in [0.717, 1.165) is 10.8 Å². The molecule has 1 heterocycles. The highest BCUT2D eigenvalue weighted by Crippen LogP contribution is 2.56. The molecule has 0 amide bonds. The van der Waals surface area contributed by atoms with Gasteiger partial charge in [-0.1, -0.05) is 157 Å². The monoisotopic (exact) mass is 553 g/mol. The summed E-state index contributed by atoms with van der Waals surface area (Å²) in [6, 6.07) is 4.63. The van der Waals surface area contributed by atoms with Crippen molar-refractivity contribution in [3.63, 3.8) is 0 Å². The van der Waals surface area contributed by atoms with Gasteiger partial charge in [-0.25, -0.2) is 0 Å². The summed E-state index contributed by atoms with van der Waals surface area (Å²) in [6.07, 6.45) is 0. The van der Waals surface area contributed by atoms with Crippen molar-refractivity contribution >= 4 is 10.8 Å². The van der Waals surface area contributed by atoms with Crippen molar-refractivity contribution in [3.8, 4) is 33.8 Å². The number of rotatable bonds is 4. The quantitative estimate of drug-likeness (QED) is 0.211. The summed E-state index contributed by atoms with van der Waals surface area (Å²) in [7, 11) is 0. The summed E-state index contributed by atoms with van der Waals surface area (Å²) in [5.74, 6) is -1.41. The largest absolute Gasteiger partial charge is 0.457 e. The Balaban J connectivity index is 1.66. The molecule has 0 bridgehead atoms. The summed E-state index contributed by atoms with van der Waals surface area (Å²) < 4.78 is 160. The van der Waals surface area contributed by atoms with Gasteiger partial charge in [-0.3, -0.25) is 0 Å². The summed E-state index contributed by atoms with van der Waals surface area (Å²) in [5.41, 5.74) is -4.83. The molecule has 1 heteroatoms. The highest BCUT2D eigenvalue weighted by Gasteiger charge is 2.45. The lowest BCUT2D eigenvalue weighted by atomic mass is 9.63. The van der Waals surface area contributed by atoms with Gasteiger partial charge in [0, 0.05) is 11.1 Å². The van der Waals surface area contributed by atoms with Crippen molar-refractivity contribution < 1.29 is 28.0 Å². The van der Waals surface area contributed by atoms with Crippen LogP contribution in [0.4, 0.5) is 0 Å². The third-order valence-electron chi connectivity index (χ3n) is 7.41. The van der Waals surface area contributed by atoms with Crippen LogP contribution in [0.1, 0.15) is 45.6 Å². The van der Waals surface area contributed by atoms with Crippen molar-refractivity contribution in [2.75, 3.05) is 0 Å². The average molecular weight is 554 g/mol. The van der Waals surface area contributed by atoms with Crippen molar-refractivity contribution in [2.45, 2.75) is 5.41 Å². The van der Waals surface area contributed by atoms with Crippen LogP contribution in [-0.4, -0.2) is 0 Å². The molecule has 0 atom stereocenters. The molecule has 0 aliphatic carbocycles. The number of ether oxygens (including phenoxy) is 1. The molecule has 1 aliphatic rings. The second-order valence-electron chi connectivity index (χ2n) is 9.58. The predicted octanol–water partition coefficient (Wildman–Crippen LogP) is 10.7. The Morgan fingerprint density at radius 2 is 1.07 bits per heavy atom. The van der Waals surface area contributed by atoms with Gasteiger partial charge < -0.3 is 4.74 Å². The number of hydrogen-bond acceptors (Lipinski definition) is 1. The number of benzene rings is 7. The first-order valence-corrected chi connectivity index (χ1v) is 13.1. The molecule has 0 unspecified atom stereocenters. The van der Waals surface area contributed by atoms with Crippen molar-refractivity contribution in [3.05, 3.63) is 192 Å². The highest BCUT2D eigenvalue weighted by atomic mass is 16.5. The Morgan fingerprint density at radius 3 is 1.86 bits per heavy atom. The maximum absolute atomic E-state index is 9.82. The molecule has 0 radical (unpaired) electrons. The van der Waals surface area contributed by atoms with Gasteiger partial charge in [0.1, 0.15) is 11.5 Å². The summed E-state index contributed by atoms with van der Waals surface area (Å²) in [6.45, 7) is 0. The van der Waals surface area contributed by atoms with Gasteiger partial charge in [0.05, 0.1) is 28.7 Å². The number of para-hydroxylation sites is 1. The summed E-state index contributed by atoms with van der Waals surface area (Å²) >= 11 is 0. The van der Waals surface area contributed by atoms with E-state index in [4.69, 9.17) is 17.1 Å². The SMILES string of the molecule is [2H]c1c([2H])c([2H])c(C2(c3c([2H])c([2H])c([2H])c([2H])c3[2H])c3c([2H])c([2H])c([2H])c([2H])c3Oc3c([2H])c(-c4ccccc4-c4cccc5ccccc45)c([2H])c([2H])c32)c([2H])c1[2H]. The van der Waals surface area contributed by atoms with E-state index in [1.807, 2.05) is 42.5 Å². The zero-order chi connectivity index (χ0) is 42.7. The van der Waals surface area contributed by atoms with Crippen LogP contribution in [0.25, 0.3) is 33.0 Å². The van der Waals surface area contributed by atoms with Gasteiger partial charge in [0.2, 0.25) is 0 Å². The molecule has 0 fully saturated rings. The fourth-order valence-corrected chi connectivity index (χ4v) is 5.63. The predicted molar refractivity (Wildman–Crippen MR) is 173 cm³/mol. The molecule has 7 aromatic carbocycles. The van der Waals surface area contributed by atoms with Gasteiger partial charge in [0.25, 0.3) is 0 Å². The topological polar surface area (TPSA) is 9.23 Å². The van der Waals surface area contributed by atoms with E-state index >= 15 is 0 Å². The molecular weight excluding hydrogens is 508 g/mol. The first-order chi connectivity index (χ1) is 27.9. The lowest BCUT2D eigenvalue weighted by Crippen LogP contribution is -2.34. The maximum atomic E-state index is 9.82. The zero-order valence-corrected chi connectivity index (χ0v) is 21.8. The molecular formula is C41H28O. The van der Waals surface area contributed by atoms with Crippen LogP contribution in [-0.2, 0) is 5.41 Å². The average Bonchev–Trinajstić information content (AvgIpc) is 3.23. The Labute approximate surface area is 270 Å². The Bertz CT molecular complexity index is 2840. The minimum atomic E-state index is -3.00. The van der Waals surface area contributed by atoms with Gasteiger partial charge in [-0.2, -0.15) is 0 Å². The molecule has 1 aliphatic heterocycles. The van der Waals surface area contributed by atoms with E-state index < -0.39 is 142 Å². The van der Waals surface area contributed by atoms with Crippen LogP contribution in [0.2, 0.25) is 0 Å². The van der Waals surface area contributed by atoms with Gasteiger partial charge in [-0.05, 0) is 56.2 Å². The lowest BCUT2D eigenvalue weighted by molar-refractivity contribution is 0.435. The van der Waals surface area contributed by atoms with Crippen molar-refractivity contribution in [1.82, 2.24) is 0 Å². The molecule has 7 aromatic rings. The highest BCUT2D eigenvalue weighted by molar-refractivity contribution is 6.00. The van der Waals surface area contributed by atoms with E-state index in [9.17, 15) is 11.0 Å². The molecule has 0 saturated carbocycles. The second-order valence-corrected chi connectivity index (χ2v) is 9.58. The minimum Gasteiger partial charge on any atom is -0.457 e. The van der Waals surface area contributed by atoms with Crippen molar-refractivity contribution in [2.24, 2.45) is 0 Å². The lowest BCUT2D eigenvalue weighted by Gasteiger charge is -2.41. The van der Waals surface area contributed by atoms with Crippen LogP contribution >= 0.6 is 0 Å². The molecule has 0 aromatic heterocycles. The Morgan fingerprint density at radius 1 is 0.476 bits per heavy atom. The van der Waals surface area contributed by atoms with Gasteiger partial charge in [0.15, 0.2) is 0 Å². The smallest absolute Gasteiger partial charge is 0.132 e. The van der Waals surface area contributed by atoms with E-state index in [0.29, 0.717) is 11.1 Å². The summed E-state index contributed by atoms with van der Waals surface area (Å²) in [5, 5.41) is 1.71. The van der Waals surface area contributed by atoms with Crippen LogP contribution < -0.4 is 4.74 Å². The van der Waals surface area contributed by atoms with E-state index in [2.05, 4.69) is 0 Å². The normalized spacial score (nSPS) is 18.8. The third kappa shape index (κ3) is 3.71. The fraction of sp³-hybridized carbons (Fsp3) is 0.0244. The molecule has 0 spiro atoms. The summed E-state index contributed by atoms with van der Waals surface area (Å²) in [4.78, 5) is 0. The van der Waals surface area contributed by atoms with E-state index in [-0.39, 0.29) is 11.1 Å². The second kappa shape index (κ2) is 9.90. The van der Waals surface area contributed by atoms with E-state index in [1.54, 1.807) is 24.3 Å². The van der Waals surface area contributed by atoms with Gasteiger partial charge >= 0.3 is 0 Å². The molecule has 42 heavy (non-hydrogen) atoms. The van der Waals surface area contributed by atoms with Crippen molar-refractivity contribution in [1.29, 1.82) is 0 Å². The molecule has 1 nitrogen and oxygen atoms in total.